The zero-order valence-corrected chi connectivity index (χ0v) is 18.1. The number of anilines is 1. The summed E-state index contributed by atoms with van der Waals surface area (Å²) in [6.45, 7) is 3.87. The quantitative estimate of drug-likeness (QED) is 0.658. The van der Waals surface area contributed by atoms with Gasteiger partial charge in [-0.25, -0.2) is 0 Å². The Hall–Kier alpha value is -2.39. The molecule has 1 fully saturated rings. The van der Waals surface area contributed by atoms with E-state index in [1.807, 2.05) is 17.5 Å². The van der Waals surface area contributed by atoms with E-state index in [2.05, 4.69) is 10.2 Å². The van der Waals surface area contributed by atoms with Crippen LogP contribution in [-0.4, -0.2) is 68.1 Å². The average Bonchev–Trinajstić information content (AvgIpc) is 3.35. The van der Waals surface area contributed by atoms with E-state index in [0.717, 1.165) is 18.0 Å². The van der Waals surface area contributed by atoms with Crippen LogP contribution in [0.25, 0.3) is 5.57 Å². The number of benzene rings is 1. The van der Waals surface area contributed by atoms with E-state index < -0.39 is 0 Å². The van der Waals surface area contributed by atoms with Crippen molar-refractivity contribution in [3.05, 3.63) is 51.3 Å². The molecule has 0 bridgehead atoms. The standard InChI is InChI=1S/C21H22ClN3O4S/c1-28-16-5-4-14(22)13-15(16)23-19-18(17-3-2-12-30-17)20(26)25(21(19)27)7-6-24-8-10-29-11-9-24/h2-5,12-13,23H,6-11H2,1H3. The maximum absolute atomic E-state index is 13.3. The molecule has 0 spiro atoms. The molecule has 30 heavy (non-hydrogen) atoms. The minimum atomic E-state index is -0.348. The zero-order chi connectivity index (χ0) is 21.1. The van der Waals surface area contributed by atoms with Crippen molar-refractivity contribution < 1.29 is 19.1 Å². The van der Waals surface area contributed by atoms with E-state index in [9.17, 15) is 9.59 Å². The summed E-state index contributed by atoms with van der Waals surface area (Å²) in [6, 6.07) is 8.80. The van der Waals surface area contributed by atoms with Crippen molar-refractivity contribution in [3.8, 4) is 5.75 Å². The molecule has 2 aliphatic heterocycles. The number of hydrogen-bond acceptors (Lipinski definition) is 7. The first kappa shape index (κ1) is 20.9. The van der Waals surface area contributed by atoms with Crippen LogP contribution >= 0.6 is 22.9 Å². The third-order valence-corrected chi connectivity index (χ3v) is 6.22. The van der Waals surface area contributed by atoms with Crippen LogP contribution in [0.3, 0.4) is 0 Å². The van der Waals surface area contributed by atoms with Crippen LogP contribution in [0.1, 0.15) is 4.88 Å². The lowest BCUT2D eigenvalue weighted by molar-refractivity contribution is -0.137. The van der Waals surface area contributed by atoms with Gasteiger partial charge in [-0.1, -0.05) is 17.7 Å². The van der Waals surface area contributed by atoms with Crippen molar-refractivity contribution in [2.45, 2.75) is 0 Å². The van der Waals surface area contributed by atoms with Gasteiger partial charge in [0.15, 0.2) is 0 Å². The number of hydrogen-bond donors (Lipinski definition) is 1. The van der Waals surface area contributed by atoms with E-state index >= 15 is 0 Å². The highest BCUT2D eigenvalue weighted by Gasteiger charge is 2.40. The van der Waals surface area contributed by atoms with Crippen molar-refractivity contribution >= 4 is 46.0 Å². The Labute approximate surface area is 183 Å². The first-order valence-corrected chi connectivity index (χ1v) is 10.9. The highest BCUT2D eigenvalue weighted by atomic mass is 35.5. The predicted molar refractivity (Wildman–Crippen MR) is 117 cm³/mol. The Bertz CT molecular complexity index is 971. The van der Waals surface area contributed by atoms with E-state index in [1.165, 1.54) is 16.2 Å². The number of rotatable bonds is 7. The molecule has 2 amide bonds. The largest absolute Gasteiger partial charge is 0.495 e. The van der Waals surface area contributed by atoms with Gasteiger partial charge in [-0.05, 0) is 29.6 Å². The van der Waals surface area contributed by atoms with Crippen molar-refractivity contribution in [1.29, 1.82) is 0 Å². The number of imide groups is 1. The minimum absolute atomic E-state index is 0.241. The summed E-state index contributed by atoms with van der Waals surface area (Å²) in [5.41, 5.74) is 1.15. The fourth-order valence-electron chi connectivity index (χ4n) is 3.52. The molecule has 1 saturated heterocycles. The molecule has 1 N–H and O–H groups in total. The number of amides is 2. The summed E-state index contributed by atoms with van der Waals surface area (Å²) in [5.74, 6) is -0.109. The molecular weight excluding hydrogens is 426 g/mol. The summed E-state index contributed by atoms with van der Waals surface area (Å²) in [4.78, 5) is 30.7. The molecule has 4 rings (SSSR count). The normalized spacial score (nSPS) is 17.7. The molecule has 0 unspecified atom stereocenters. The fourth-order valence-corrected chi connectivity index (χ4v) is 4.46. The Balaban J connectivity index is 1.62. The van der Waals surface area contributed by atoms with Gasteiger partial charge in [0.1, 0.15) is 11.4 Å². The van der Waals surface area contributed by atoms with Crippen LogP contribution in [0, 0.1) is 0 Å². The van der Waals surface area contributed by atoms with Gasteiger partial charge in [0.2, 0.25) is 0 Å². The summed E-state index contributed by atoms with van der Waals surface area (Å²) in [7, 11) is 1.54. The number of methoxy groups -OCH3 is 1. The number of nitrogens with zero attached hydrogens (tertiary/aromatic N) is 2. The molecule has 0 aliphatic carbocycles. The SMILES string of the molecule is COc1ccc(Cl)cc1NC1=C(c2cccs2)C(=O)N(CCN2CCOCC2)C1=O. The molecule has 3 heterocycles. The van der Waals surface area contributed by atoms with E-state index in [4.69, 9.17) is 21.1 Å². The Morgan fingerprint density at radius 2 is 1.97 bits per heavy atom. The predicted octanol–water partition coefficient (Wildman–Crippen LogP) is 2.93. The summed E-state index contributed by atoms with van der Waals surface area (Å²) in [5, 5.41) is 5.50. The molecule has 0 atom stereocenters. The molecule has 0 radical (unpaired) electrons. The first-order valence-electron chi connectivity index (χ1n) is 9.63. The number of ether oxygens (including phenoxy) is 2. The number of thiophene rings is 1. The van der Waals surface area contributed by atoms with E-state index in [0.29, 0.717) is 48.3 Å². The van der Waals surface area contributed by atoms with Crippen molar-refractivity contribution in [3.63, 3.8) is 0 Å². The zero-order valence-electron chi connectivity index (χ0n) is 16.5. The van der Waals surface area contributed by atoms with Crippen molar-refractivity contribution in [2.24, 2.45) is 0 Å². The van der Waals surface area contributed by atoms with Crippen LogP contribution in [0.4, 0.5) is 5.69 Å². The number of carbonyl (C=O) groups is 2. The third kappa shape index (κ3) is 4.22. The molecule has 1 aromatic carbocycles. The first-order chi connectivity index (χ1) is 14.6. The van der Waals surface area contributed by atoms with Crippen LogP contribution in [0.5, 0.6) is 5.75 Å². The van der Waals surface area contributed by atoms with Crippen LogP contribution < -0.4 is 10.1 Å². The fraction of sp³-hybridized carbons (Fsp3) is 0.333. The molecule has 7 nitrogen and oxygen atoms in total. The highest BCUT2D eigenvalue weighted by Crippen LogP contribution is 2.35. The summed E-state index contributed by atoms with van der Waals surface area (Å²) >= 11 is 7.56. The second kappa shape index (κ2) is 9.18. The molecule has 9 heteroatoms. The van der Waals surface area contributed by atoms with Gasteiger partial charge < -0.3 is 14.8 Å². The van der Waals surface area contributed by atoms with Gasteiger partial charge in [-0.3, -0.25) is 19.4 Å². The monoisotopic (exact) mass is 447 g/mol. The number of morpholine rings is 1. The lowest BCUT2D eigenvalue weighted by Crippen LogP contribution is -2.43. The van der Waals surface area contributed by atoms with Gasteiger partial charge in [0, 0.05) is 36.1 Å². The van der Waals surface area contributed by atoms with Gasteiger partial charge >= 0.3 is 0 Å². The number of carbonyl (C=O) groups excluding carboxylic acids is 2. The van der Waals surface area contributed by atoms with Crippen molar-refractivity contribution in [2.75, 3.05) is 51.8 Å². The van der Waals surface area contributed by atoms with Gasteiger partial charge in [0.05, 0.1) is 31.6 Å². The molecule has 158 valence electrons. The average molecular weight is 448 g/mol. The number of nitrogens with one attached hydrogen (secondary N) is 1. The topological polar surface area (TPSA) is 71.1 Å². The Morgan fingerprint density at radius 3 is 2.67 bits per heavy atom. The maximum Gasteiger partial charge on any atom is 0.278 e. The Kier molecular flexibility index (Phi) is 6.38. The third-order valence-electron chi connectivity index (χ3n) is 5.10. The highest BCUT2D eigenvalue weighted by molar-refractivity contribution is 7.11. The Morgan fingerprint density at radius 1 is 1.17 bits per heavy atom. The van der Waals surface area contributed by atoms with Crippen molar-refractivity contribution in [1.82, 2.24) is 9.80 Å². The van der Waals surface area contributed by atoms with E-state index in [-0.39, 0.29) is 17.5 Å². The second-order valence-corrected chi connectivity index (χ2v) is 8.30. The lowest BCUT2D eigenvalue weighted by Gasteiger charge is -2.28. The maximum atomic E-state index is 13.3. The summed E-state index contributed by atoms with van der Waals surface area (Å²) in [6.07, 6.45) is 0. The number of halogens is 1. The molecule has 2 aromatic rings. The molecule has 2 aliphatic rings. The smallest absolute Gasteiger partial charge is 0.278 e. The van der Waals surface area contributed by atoms with E-state index in [1.54, 1.807) is 25.3 Å². The molecular formula is C21H22ClN3O4S. The van der Waals surface area contributed by atoms with Crippen LogP contribution in [0.2, 0.25) is 5.02 Å². The van der Waals surface area contributed by atoms with Crippen LogP contribution in [-0.2, 0) is 14.3 Å². The molecule has 1 aromatic heterocycles. The van der Waals surface area contributed by atoms with Gasteiger partial charge in [0.25, 0.3) is 11.8 Å². The summed E-state index contributed by atoms with van der Waals surface area (Å²) < 4.78 is 10.7. The van der Waals surface area contributed by atoms with Gasteiger partial charge in [-0.15, -0.1) is 11.3 Å². The second-order valence-electron chi connectivity index (χ2n) is 6.91. The van der Waals surface area contributed by atoms with Crippen LogP contribution in [0.15, 0.2) is 41.4 Å². The minimum Gasteiger partial charge on any atom is -0.495 e. The lowest BCUT2D eigenvalue weighted by atomic mass is 10.2. The van der Waals surface area contributed by atoms with Gasteiger partial charge in [-0.2, -0.15) is 0 Å². The molecule has 0 saturated carbocycles.